The fraction of sp³-hybridized carbons (Fsp3) is 0.385. The summed E-state index contributed by atoms with van der Waals surface area (Å²) in [5.74, 6) is 1.81. The highest BCUT2D eigenvalue weighted by atomic mass is 32.1. The Labute approximate surface area is 111 Å². The number of aryl methyl sites for hydroxylation is 1. The van der Waals surface area contributed by atoms with Crippen LogP contribution < -0.4 is 10.1 Å². The number of nitrogens with zero attached hydrogens (tertiary/aromatic N) is 2. The smallest absolute Gasteiger partial charge is 0.202 e. The summed E-state index contributed by atoms with van der Waals surface area (Å²) in [5, 5.41) is 4.16. The summed E-state index contributed by atoms with van der Waals surface area (Å²) in [6, 6.07) is 8.00. The van der Waals surface area contributed by atoms with Crippen molar-refractivity contribution in [2.24, 2.45) is 0 Å². The number of hydrogen-bond donors (Lipinski definition) is 1. The molecule has 0 saturated heterocycles. The molecule has 0 aliphatic carbocycles. The highest BCUT2D eigenvalue weighted by Gasteiger charge is 2.02. The van der Waals surface area contributed by atoms with E-state index in [9.17, 15) is 0 Å². The monoisotopic (exact) mass is 263 g/mol. The third kappa shape index (κ3) is 3.43. The van der Waals surface area contributed by atoms with Crippen molar-refractivity contribution in [2.75, 3.05) is 12.4 Å². The number of methoxy groups -OCH3 is 1. The van der Waals surface area contributed by atoms with Gasteiger partial charge in [0.1, 0.15) is 11.6 Å². The van der Waals surface area contributed by atoms with Gasteiger partial charge >= 0.3 is 0 Å². The van der Waals surface area contributed by atoms with Crippen LogP contribution in [-0.4, -0.2) is 16.5 Å². The zero-order valence-corrected chi connectivity index (χ0v) is 11.5. The fourth-order valence-corrected chi connectivity index (χ4v) is 2.18. The first-order valence-electron chi connectivity index (χ1n) is 6.01. The molecule has 4 nitrogen and oxygen atoms in total. The number of rotatable bonds is 6. The van der Waals surface area contributed by atoms with Crippen molar-refractivity contribution >= 4 is 16.7 Å². The van der Waals surface area contributed by atoms with Gasteiger partial charge in [0.15, 0.2) is 0 Å². The Morgan fingerprint density at radius 2 is 2.06 bits per heavy atom. The molecule has 0 spiro atoms. The standard InChI is InChI=1S/C13H17N3OS/c1-3-4-12-15-13(18-16-12)14-9-10-5-7-11(17-2)8-6-10/h5-8H,3-4,9H2,1-2H3,(H,14,15,16). The summed E-state index contributed by atoms with van der Waals surface area (Å²) in [6.45, 7) is 2.89. The number of nitrogens with one attached hydrogen (secondary N) is 1. The number of benzene rings is 1. The summed E-state index contributed by atoms with van der Waals surface area (Å²) in [6.07, 6.45) is 2.02. The second kappa shape index (κ2) is 6.35. The zero-order valence-electron chi connectivity index (χ0n) is 10.6. The van der Waals surface area contributed by atoms with Crippen molar-refractivity contribution in [1.29, 1.82) is 0 Å². The quantitative estimate of drug-likeness (QED) is 0.870. The molecule has 1 N–H and O–H groups in total. The highest BCUT2D eigenvalue weighted by molar-refractivity contribution is 7.09. The largest absolute Gasteiger partial charge is 0.497 e. The van der Waals surface area contributed by atoms with Crippen LogP contribution in [0, 0.1) is 0 Å². The van der Waals surface area contributed by atoms with Crippen LogP contribution in [0.25, 0.3) is 0 Å². The average Bonchev–Trinajstić information content (AvgIpc) is 2.85. The van der Waals surface area contributed by atoms with Crippen molar-refractivity contribution < 1.29 is 4.74 Å². The molecule has 18 heavy (non-hydrogen) atoms. The van der Waals surface area contributed by atoms with Crippen molar-refractivity contribution in [3.05, 3.63) is 35.7 Å². The van der Waals surface area contributed by atoms with E-state index in [1.807, 2.05) is 24.3 Å². The van der Waals surface area contributed by atoms with Crippen LogP contribution in [0.4, 0.5) is 5.13 Å². The Bertz CT molecular complexity index is 481. The molecule has 0 aliphatic rings. The van der Waals surface area contributed by atoms with E-state index in [4.69, 9.17) is 4.74 Å². The molecule has 1 heterocycles. The van der Waals surface area contributed by atoms with Gasteiger partial charge in [0, 0.05) is 24.5 Å². The molecule has 0 amide bonds. The van der Waals surface area contributed by atoms with E-state index in [1.54, 1.807) is 7.11 Å². The van der Waals surface area contributed by atoms with E-state index >= 15 is 0 Å². The van der Waals surface area contributed by atoms with Crippen LogP contribution >= 0.6 is 11.5 Å². The average molecular weight is 263 g/mol. The van der Waals surface area contributed by atoms with Gasteiger partial charge < -0.3 is 10.1 Å². The van der Waals surface area contributed by atoms with Gasteiger partial charge in [0.05, 0.1) is 7.11 Å². The Morgan fingerprint density at radius 3 is 2.72 bits per heavy atom. The SMILES string of the molecule is CCCc1nsc(NCc2ccc(OC)cc2)n1. The molecule has 1 aromatic heterocycles. The minimum Gasteiger partial charge on any atom is -0.497 e. The Hall–Kier alpha value is -1.62. The highest BCUT2D eigenvalue weighted by Crippen LogP contribution is 2.15. The Kier molecular flexibility index (Phi) is 4.52. The minimum absolute atomic E-state index is 0.755. The molecular formula is C13H17N3OS. The van der Waals surface area contributed by atoms with Crippen molar-refractivity contribution in [2.45, 2.75) is 26.3 Å². The van der Waals surface area contributed by atoms with Crippen LogP contribution in [0.15, 0.2) is 24.3 Å². The lowest BCUT2D eigenvalue weighted by molar-refractivity contribution is 0.414. The van der Waals surface area contributed by atoms with Crippen LogP contribution in [-0.2, 0) is 13.0 Å². The van der Waals surface area contributed by atoms with Gasteiger partial charge in [-0.3, -0.25) is 0 Å². The normalized spacial score (nSPS) is 10.3. The lowest BCUT2D eigenvalue weighted by Gasteiger charge is -2.03. The molecular weight excluding hydrogens is 246 g/mol. The third-order valence-electron chi connectivity index (χ3n) is 2.54. The maximum atomic E-state index is 5.12. The van der Waals surface area contributed by atoms with Crippen LogP contribution in [0.1, 0.15) is 24.7 Å². The van der Waals surface area contributed by atoms with Gasteiger partial charge in [-0.2, -0.15) is 4.37 Å². The first-order chi connectivity index (χ1) is 8.81. The van der Waals surface area contributed by atoms with Gasteiger partial charge in [-0.25, -0.2) is 4.98 Å². The molecule has 0 aliphatic heterocycles. The summed E-state index contributed by atoms with van der Waals surface area (Å²) in [7, 11) is 1.67. The van der Waals surface area contributed by atoms with E-state index in [2.05, 4.69) is 21.6 Å². The number of hydrogen-bond acceptors (Lipinski definition) is 5. The van der Waals surface area contributed by atoms with Crippen LogP contribution in [0.2, 0.25) is 0 Å². The summed E-state index contributed by atoms with van der Waals surface area (Å²) < 4.78 is 9.42. The van der Waals surface area contributed by atoms with E-state index in [-0.39, 0.29) is 0 Å². The van der Waals surface area contributed by atoms with Crippen LogP contribution in [0.3, 0.4) is 0 Å². The molecule has 0 bridgehead atoms. The van der Waals surface area contributed by atoms with Gasteiger partial charge in [-0.1, -0.05) is 19.1 Å². The number of ether oxygens (including phenoxy) is 1. The molecule has 5 heteroatoms. The maximum absolute atomic E-state index is 5.12. The predicted octanol–water partition coefficient (Wildman–Crippen LogP) is 3.11. The maximum Gasteiger partial charge on any atom is 0.202 e. The molecule has 96 valence electrons. The summed E-state index contributed by atoms with van der Waals surface area (Å²) in [5.41, 5.74) is 1.20. The van der Waals surface area contributed by atoms with Crippen molar-refractivity contribution in [3.8, 4) is 5.75 Å². The third-order valence-corrected chi connectivity index (χ3v) is 3.26. The Morgan fingerprint density at radius 1 is 1.28 bits per heavy atom. The first-order valence-corrected chi connectivity index (χ1v) is 6.78. The first kappa shape index (κ1) is 12.8. The van der Waals surface area contributed by atoms with E-state index in [0.717, 1.165) is 36.1 Å². The Balaban J connectivity index is 1.89. The van der Waals surface area contributed by atoms with E-state index in [0.29, 0.717) is 0 Å². The molecule has 0 atom stereocenters. The number of anilines is 1. The summed E-state index contributed by atoms with van der Waals surface area (Å²) in [4.78, 5) is 4.42. The van der Waals surface area contributed by atoms with Crippen LogP contribution in [0.5, 0.6) is 5.75 Å². The second-order valence-electron chi connectivity index (χ2n) is 3.97. The molecule has 0 saturated carbocycles. The van der Waals surface area contributed by atoms with Crippen molar-refractivity contribution in [3.63, 3.8) is 0 Å². The topological polar surface area (TPSA) is 47.0 Å². The van der Waals surface area contributed by atoms with Gasteiger partial charge in [0.2, 0.25) is 5.13 Å². The molecule has 0 fully saturated rings. The second-order valence-corrected chi connectivity index (χ2v) is 4.72. The molecule has 1 aromatic carbocycles. The lowest BCUT2D eigenvalue weighted by Crippen LogP contribution is -1.99. The fourth-order valence-electron chi connectivity index (χ4n) is 1.57. The molecule has 2 rings (SSSR count). The zero-order chi connectivity index (χ0) is 12.8. The molecule has 0 unspecified atom stereocenters. The van der Waals surface area contributed by atoms with E-state index in [1.165, 1.54) is 17.1 Å². The lowest BCUT2D eigenvalue weighted by atomic mass is 10.2. The molecule has 0 radical (unpaired) electrons. The van der Waals surface area contributed by atoms with Gasteiger partial charge in [0.25, 0.3) is 0 Å². The van der Waals surface area contributed by atoms with Gasteiger partial charge in [-0.15, -0.1) is 0 Å². The van der Waals surface area contributed by atoms with Gasteiger partial charge in [-0.05, 0) is 24.1 Å². The minimum atomic E-state index is 0.755. The predicted molar refractivity (Wildman–Crippen MR) is 74.2 cm³/mol. The summed E-state index contributed by atoms with van der Waals surface area (Å²) >= 11 is 1.42. The number of aromatic nitrogens is 2. The molecule has 2 aromatic rings. The van der Waals surface area contributed by atoms with Crippen molar-refractivity contribution in [1.82, 2.24) is 9.36 Å². The van der Waals surface area contributed by atoms with E-state index < -0.39 is 0 Å².